The fourth-order valence-corrected chi connectivity index (χ4v) is 3.02. The van der Waals surface area contributed by atoms with Gasteiger partial charge in [-0.3, -0.25) is 9.89 Å². The van der Waals surface area contributed by atoms with Crippen LogP contribution >= 0.6 is 24.0 Å². The van der Waals surface area contributed by atoms with Crippen LogP contribution in [0.25, 0.3) is 0 Å². The molecule has 1 heterocycles. The van der Waals surface area contributed by atoms with Gasteiger partial charge in [0.1, 0.15) is 0 Å². The number of nitrogens with one attached hydrogen (secondary N) is 1. The molecule has 28 heavy (non-hydrogen) atoms. The molecule has 0 bridgehead atoms. The first kappa shape index (κ1) is 25.0. The average Bonchev–Trinajstić information content (AvgIpc) is 2.65. The maximum Gasteiger partial charge on any atom is 0.416 e. The Morgan fingerprint density at radius 1 is 1.18 bits per heavy atom. The molecule has 0 atom stereocenters. The normalized spacial score (nSPS) is 15.8. The summed E-state index contributed by atoms with van der Waals surface area (Å²) in [5.41, 5.74) is 0.178. The lowest BCUT2D eigenvalue weighted by molar-refractivity contribution is -0.137. The summed E-state index contributed by atoms with van der Waals surface area (Å²) < 4.78 is 43.3. The summed E-state index contributed by atoms with van der Waals surface area (Å²) in [7, 11) is 3.58. The first-order valence-corrected chi connectivity index (χ1v) is 9.28. The average molecular weight is 514 g/mol. The van der Waals surface area contributed by atoms with E-state index in [0.29, 0.717) is 6.54 Å². The largest absolute Gasteiger partial charge is 0.416 e. The van der Waals surface area contributed by atoms with Crippen LogP contribution in [0.1, 0.15) is 24.0 Å². The summed E-state index contributed by atoms with van der Waals surface area (Å²) in [4.78, 5) is 8.57. The molecule has 0 aromatic heterocycles. The van der Waals surface area contributed by atoms with Crippen molar-refractivity contribution in [1.29, 1.82) is 0 Å². The smallest absolute Gasteiger partial charge is 0.379 e. The van der Waals surface area contributed by atoms with Gasteiger partial charge >= 0.3 is 6.18 Å². The van der Waals surface area contributed by atoms with Gasteiger partial charge in [-0.25, -0.2) is 0 Å². The Labute approximate surface area is 182 Å². The van der Waals surface area contributed by atoms with Gasteiger partial charge in [0.25, 0.3) is 0 Å². The van der Waals surface area contributed by atoms with Crippen molar-refractivity contribution in [3.05, 3.63) is 35.4 Å². The van der Waals surface area contributed by atoms with Crippen LogP contribution in [-0.4, -0.2) is 69.2 Å². The van der Waals surface area contributed by atoms with E-state index in [-0.39, 0.29) is 24.0 Å². The number of rotatable bonds is 7. The maximum absolute atomic E-state index is 12.6. The summed E-state index contributed by atoms with van der Waals surface area (Å²) in [6, 6.07) is 5.25. The number of unbranched alkanes of at least 4 members (excludes halogenated alkanes) is 1. The zero-order valence-electron chi connectivity index (χ0n) is 16.5. The molecule has 160 valence electrons. The van der Waals surface area contributed by atoms with Crippen molar-refractivity contribution in [1.82, 2.24) is 15.1 Å². The second kappa shape index (κ2) is 12.5. The molecule has 0 amide bonds. The molecule has 1 aromatic rings. The van der Waals surface area contributed by atoms with Crippen LogP contribution in [0.15, 0.2) is 29.3 Å². The van der Waals surface area contributed by atoms with Crippen molar-refractivity contribution in [3.8, 4) is 0 Å². The zero-order chi connectivity index (χ0) is 19.7. The van der Waals surface area contributed by atoms with Crippen LogP contribution in [0.4, 0.5) is 13.2 Å². The predicted octanol–water partition coefficient (Wildman–Crippen LogP) is 3.44. The van der Waals surface area contributed by atoms with Gasteiger partial charge in [-0.05, 0) is 37.1 Å². The Morgan fingerprint density at radius 2 is 1.82 bits per heavy atom. The third-order valence-electron chi connectivity index (χ3n) is 4.56. The van der Waals surface area contributed by atoms with Gasteiger partial charge in [0, 0.05) is 40.3 Å². The second-order valence-electron chi connectivity index (χ2n) is 6.69. The van der Waals surface area contributed by atoms with Crippen LogP contribution in [0.5, 0.6) is 0 Å². The molecule has 1 fully saturated rings. The van der Waals surface area contributed by atoms with Crippen molar-refractivity contribution in [2.45, 2.75) is 25.6 Å². The summed E-state index contributed by atoms with van der Waals surface area (Å²) in [6.45, 7) is 6.03. The van der Waals surface area contributed by atoms with Gasteiger partial charge in [-0.15, -0.1) is 24.0 Å². The lowest BCUT2D eigenvalue weighted by Gasteiger charge is -2.26. The highest BCUT2D eigenvalue weighted by atomic mass is 127. The van der Waals surface area contributed by atoms with E-state index in [9.17, 15) is 13.2 Å². The minimum Gasteiger partial charge on any atom is -0.379 e. The van der Waals surface area contributed by atoms with Crippen molar-refractivity contribution in [3.63, 3.8) is 0 Å². The fourth-order valence-electron chi connectivity index (χ4n) is 3.02. The van der Waals surface area contributed by atoms with Crippen molar-refractivity contribution < 1.29 is 17.9 Å². The van der Waals surface area contributed by atoms with Crippen LogP contribution < -0.4 is 5.32 Å². The van der Waals surface area contributed by atoms with Gasteiger partial charge in [-0.2, -0.15) is 13.2 Å². The highest BCUT2D eigenvalue weighted by Crippen LogP contribution is 2.29. The molecule has 1 N–H and O–H groups in total. The highest BCUT2D eigenvalue weighted by molar-refractivity contribution is 14.0. The number of alkyl halides is 3. The molecular weight excluding hydrogens is 484 g/mol. The third kappa shape index (κ3) is 8.52. The maximum atomic E-state index is 12.6. The van der Waals surface area contributed by atoms with Crippen molar-refractivity contribution >= 4 is 29.9 Å². The Bertz CT molecular complexity index is 590. The molecule has 0 aliphatic carbocycles. The minimum atomic E-state index is -4.30. The predicted molar refractivity (Wildman–Crippen MR) is 116 cm³/mol. The summed E-state index contributed by atoms with van der Waals surface area (Å²) in [6.07, 6.45) is -2.17. The van der Waals surface area contributed by atoms with E-state index in [1.807, 2.05) is 11.9 Å². The van der Waals surface area contributed by atoms with E-state index in [1.54, 1.807) is 7.05 Å². The minimum absolute atomic E-state index is 0. The number of benzene rings is 1. The number of nitrogens with zero attached hydrogens (tertiary/aromatic N) is 3. The van der Waals surface area contributed by atoms with Gasteiger partial charge in [0.2, 0.25) is 0 Å². The van der Waals surface area contributed by atoms with E-state index >= 15 is 0 Å². The molecule has 2 rings (SSSR count). The Kier molecular flexibility index (Phi) is 11.1. The molecule has 0 spiro atoms. The summed E-state index contributed by atoms with van der Waals surface area (Å²) in [5.74, 6) is 0.737. The monoisotopic (exact) mass is 514 g/mol. The molecule has 0 saturated carbocycles. The first-order chi connectivity index (χ1) is 12.9. The van der Waals surface area contributed by atoms with Gasteiger partial charge < -0.3 is 15.0 Å². The van der Waals surface area contributed by atoms with E-state index in [2.05, 4.69) is 15.2 Å². The Hall–Kier alpha value is -1.07. The molecule has 1 aliphatic heterocycles. The zero-order valence-corrected chi connectivity index (χ0v) is 18.8. The lowest BCUT2D eigenvalue weighted by Crippen LogP contribution is -2.39. The van der Waals surface area contributed by atoms with Crippen LogP contribution in [0.2, 0.25) is 0 Å². The second-order valence-corrected chi connectivity index (χ2v) is 6.69. The third-order valence-corrected chi connectivity index (χ3v) is 4.56. The number of hydrogen-bond donors (Lipinski definition) is 1. The molecule has 0 radical (unpaired) electrons. The van der Waals surface area contributed by atoms with E-state index in [0.717, 1.165) is 75.9 Å². The molecule has 0 unspecified atom stereocenters. The fraction of sp³-hybridized carbons (Fsp3) is 0.632. The number of ether oxygens (including phenoxy) is 1. The molecule has 1 aromatic carbocycles. The van der Waals surface area contributed by atoms with E-state index in [1.165, 1.54) is 12.1 Å². The van der Waals surface area contributed by atoms with Crippen molar-refractivity contribution in [2.24, 2.45) is 4.99 Å². The van der Waals surface area contributed by atoms with Crippen LogP contribution in [0, 0.1) is 0 Å². The Morgan fingerprint density at radius 3 is 2.39 bits per heavy atom. The number of morpholine rings is 1. The number of hydrogen-bond acceptors (Lipinski definition) is 3. The van der Waals surface area contributed by atoms with Crippen molar-refractivity contribution in [2.75, 3.05) is 53.5 Å². The molecule has 5 nitrogen and oxygen atoms in total. The number of aliphatic imine (C=N–C) groups is 1. The van der Waals surface area contributed by atoms with E-state index < -0.39 is 11.7 Å². The molecule has 9 heteroatoms. The van der Waals surface area contributed by atoms with Crippen LogP contribution in [-0.2, 0) is 17.5 Å². The lowest BCUT2D eigenvalue weighted by atomic mass is 10.1. The molecule has 1 saturated heterocycles. The summed E-state index contributed by atoms with van der Waals surface area (Å²) >= 11 is 0. The highest BCUT2D eigenvalue weighted by Gasteiger charge is 2.29. The standard InChI is InChI=1S/C19H29F3N4O.HI/c1-23-18(24-9-3-4-10-26-11-13-27-14-12-26)25(2)15-16-5-7-17(8-6-16)19(20,21)22;/h5-8H,3-4,9-15H2,1-2H3,(H,23,24);1H. The SMILES string of the molecule is CN=C(NCCCCN1CCOCC1)N(C)Cc1ccc(C(F)(F)F)cc1.I. The quantitative estimate of drug-likeness (QED) is 0.262. The molecular formula is C19H30F3IN4O. The number of halogens is 4. The van der Waals surface area contributed by atoms with Gasteiger partial charge in [0.15, 0.2) is 5.96 Å². The van der Waals surface area contributed by atoms with Crippen LogP contribution in [0.3, 0.4) is 0 Å². The molecule has 1 aliphatic rings. The van der Waals surface area contributed by atoms with E-state index in [4.69, 9.17) is 4.74 Å². The summed E-state index contributed by atoms with van der Waals surface area (Å²) in [5, 5.41) is 3.32. The Balaban J connectivity index is 0.00000392. The van der Waals surface area contributed by atoms with Gasteiger partial charge in [0.05, 0.1) is 18.8 Å². The first-order valence-electron chi connectivity index (χ1n) is 9.28. The number of guanidine groups is 1. The van der Waals surface area contributed by atoms with Gasteiger partial charge in [-0.1, -0.05) is 12.1 Å². The topological polar surface area (TPSA) is 40.1 Å².